The Kier molecular flexibility index (Phi) is 4.28. The Hall–Kier alpha value is -2.61. The summed E-state index contributed by atoms with van der Waals surface area (Å²) in [7, 11) is 0. The van der Waals surface area contributed by atoms with Gasteiger partial charge in [0.2, 0.25) is 0 Å². The van der Waals surface area contributed by atoms with Crippen LogP contribution in [0, 0.1) is 4.77 Å². The van der Waals surface area contributed by atoms with Gasteiger partial charge in [0.1, 0.15) is 5.82 Å². The van der Waals surface area contributed by atoms with E-state index in [1.165, 1.54) is 0 Å². The number of rotatable bonds is 3. The summed E-state index contributed by atoms with van der Waals surface area (Å²) in [5.41, 5.74) is 8.46. The van der Waals surface area contributed by atoms with Gasteiger partial charge in [-0.25, -0.2) is 4.68 Å². The lowest BCUT2D eigenvalue weighted by molar-refractivity contribution is 0.891. The van der Waals surface area contributed by atoms with Crippen LogP contribution >= 0.6 is 35.4 Å². The molecule has 0 saturated carbocycles. The maximum atomic E-state index is 6.35. The van der Waals surface area contributed by atoms with Crippen molar-refractivity contribution in [3.8, 4) is 22.8 Å². The third kappa shape index (κ3) is 2.80. The van der Waals surface area contributed by atoms with Crippen LogP contribution in [0.2, 0.25) is 10.0 Å². The second-order valence-electron chi connectivity index (χ2n) is 5.47. The maximum Gasteiger partial charge on any atom is 0.200 e. The number of hydrogen-bond donors (Lipinski definition) is 2. The third-order valence-corrected chi connectivity index (χ3v) is 4.68. The summed E-state index contributed by atoms with van der Waals surface area (Å²) >= 11 is 17.7. The van der Waals surface area contributed by atoms with Crippen LogP contribution in [0.1, 0.15) is 0 Å². The van der Waals surface area contributed by atoms with Crippen molar-refractivity contribution in [2.45, 2.75) is 0 Å². The van der Waals surface area contributed by atoms with Crippen LogP contribution in [-0.4, -0.2) is 24.5 Å². The molecule has 0 saturated heterocycles. The molecule has 0 aliphatic carbocycles. The Labute approximate surface area is 163 Å². The van der Waals surface area contributed by atoms with Crippen molar-refractivity contribution in [2.75, 3.05) is 5.73 Å². The standard InChI is InChI=1S/C17H12Cl2N6S/c18-10-6-7-14(13(19)8-10)24-16(22-23-17(24)26)12-9-21-25(15(12)20)11-4-2-1-3-5-11/h1-9H,20H2,(H,23,26). The minimum Gasteiger partial charge on any atom is -0.383 e. The molecule has 0 aliphatic rings. The lowest BCUT2D eigenvalue weighted by Crippen LogP contribution is -2.04. The molecular weight excluding hydrogens is 391 g/mol. The molecule has 0 fully saturated rings. The molecule has 0 unspecified atom stereocenters. The van der Waals surface area contributed by atoms with Crippen LogP contribution in [0.5, 0.6) is 0 Å². The van der Waals surface area contributed by atoms with E-state index in [-0.39, 0.29) is 0 Å². The van der Waals surface area contributed by atoms with Crippen LogP contribution in [0.15, 0.2) is 54.7 Å². The number of aromatic nitrogens is 5. The predicted octanol–water partition coefficient (Wildman–Crippen LogP) is 4.67. The normalized spacial score (nSPS) is 11.0. The van der Waals surface area contributed by atoms with Gasteiger partial charge in [-0.1, -0.05) is 41.4 Å². The SMILES string of the molecule is Nc1c(-c2n[nH]c(=S)n2-c2ccc(Cl)cc2Cl)cnn1-c1ccccc1. The van der Waals surface area contributed by atoms with Crippen molar-refractivity contribution in [1.29, 1.82) is 0 Å². The number of para-hydroxylation sites is 1. The molecule has 0 radical (unpaired) electrons. The molecule has 0 spiro atoms. The minimum absolute atomic E-state index is 0.385. The summed E-state index contributed by atoms with van der Waals surface area (Å²) < 4.78 is 3.73. The van der Waals surface area contributed by atoms with Gasteiger partial charge >= 0.3 is 0 Å². The largest absolute Gasteiger partial charge is 0.383 e. The molecule has 4 rings (SSSR count). The fourth-order valence-corrected chi connectivity index (χ4v) is 3.39. The van der Waals surface area contributed by atoms with Crippen LogP contribution in [0.4, 0.5) is 5.82 Å². The molecule has 2 aromatic carbocycles. The molecule has 3 N–H and O–H groups in total. The number of nitrogens with zero attached hydrogens (tertiary/aromatic N) is 4. The highest BCUT2D eigenvalue weighted by molar-refractivity contribution is 7.71. The van der Waals surface area contributed by atoms with Crippen molar-refractivity contribution in [3.05, 3.63) is 69.5 Å². The average Bonchev–Trinajstić information content (AvgIpc) is 3.19. The van der Waals surface area contributed by atoms with Crippen LogP contribution in [0.25, 0.3) is 22.8 Å². The first-order chi connectivity index (χ1) is 12.6. The van der Waals surface area contributed by atoms with Gasteiger partial charge in [0.25, 0.3) is 0 Å². The lowest BCUT2D eigenvalue weighted by Gasteiger charge is -2.09. The zero-order valence-electron chi connectivity index (χ0n) is 13.2. The number of aromatic amines is 1. The number of halogens is 2. The monoisotopic (exact) mass is 402 g/mol. The predicted molar refractivity (Wildman–Crippen MR) is 106 cm³/mol. The molecule has 26 heavy (non-hydrogen) atoms. The molecule has 2 aromatic heterocycles. The summed E-state index contributed by atoms with van der Waals surface area (Å²) in [4.78, 5) is 0. The van der Waals surface area contributed by atoms with E-state index in [0.29, 0.717) is 37.7 Å². The van der Waals surface area contributed by atoms with E-state index < -0.39 is 0 Å². The molecule has 130 valence electrons. The lowest BCUT2D eigenvalue weighted by atomic mass is 10.2. The second-order valence-corrected chi connectivity index (χ2v) is 6.70. The average molecular weight is 403 g/mol. The van der Waals surface area contributed by atoms with Crippen molar-refractivity contribution in [1.82, 2.24) is 24.5 Å². The molecule has 2 heterocycles. The fourth-order valence-electron chi connectivity index (χ4n) is 2.67. The van der Waals surface area contributed by atoms with Crippen LogP contribution < -0.4 is 5.73 Å². The zero-order valence-corrected chi connectivity index (χ0v) is 15.6. The van der Waals surface area contributed by atoms with Gasteiger partial charge in [-0.2, -0.15) is 10.2 Å². The number of nitrogens with two attached hydrogens (primary N) is 1. The number of nitrogens with one attached hydrogen (secondary N) is 1. The first kappa shape index (κ1) is 16.8. The number of nitrogen functional groups attached to an aromatic ring is 1. The van der Waals surface area contributed by atoms with E-state index in [1.807, 2.05) is 30.3 Å². The molecule has 0 aliphatic heterocycles. The number of H-pyrrole nitrogens is 1. The zero-order chi connectivity index (χ0) is 18.3. The van der Waals surface area contributed by atoms with E-state index in [2.05, 4.69) is 15.3 Å². The van der Waals surface area contributed by atoms with Crippen LogP contribution in [0.3, 0.4) is 0 Å². The van der Waals surface area contributed by atoms with Gasteiger partial charge in [-0.05, 0) is 42.5 Å². The van der Waals surface area contributed by atoms with E-state index in [9.17, 15) is 0 Å². The smallest absolute Gasteiger partial charge is 0.200 e. The summed E-state index contributed by atoms with van der Waals surface area (Å²) in [6, 6.07) is 14.8. The van der Waals surface area contributed by atoms with Gasteiger partial charge in [0.05, 0.1) is 28.2 Å². The van der Waals surface area contributed by atoms with E-state index in [0.717, 1.165) is 5.69 Å². The van der Waals surface area contributed by atoms with Crippen molar-refractivity contribution in [2.24, 2.45) is 0 Å². The Morgan fingerprint density at radius 1 is 1.08 bits per heavy atom. The van der Waals surface area contributed by atoms with Crippen molar-refractivity contribution >= 4 is 41.2 Å². The maximum absolute atomic E-state index is 6.35. The first-order valence-electron chi connectivity index (χ1n) is 7.58. The molecule has 9 heteroatoms. The molecule has 4 aromatic rings. The van der Waals surface area contributed by atoms with E-state index >= 15 is 0 Å². The van der Waals surface area contributed by atoms with Crippen molar-refractivity contribution in [3.63, 3.8) is 0 Å². The number of hydrogen-bond acceptors (Lipinski definition) is 4. The molecule has 0 atom stereocenters. The summed E-state index contributed by atoms with van der Waals surface area (Å²) in [5, 5.41) is 12.5. The molecular formula is C17H12Cl2N6S. The molecule has 0 bridgehead atoms. The Bertz CT molecular complexity index is 1150. The van der Waals surface area contributed by atoms with Gasteiger partial charge in [-0.3, -0.25) is 9.67 Å². The first-order valence-corrected chi connectivity index (χ1v) is 8.75. The number of benzene rings is 2. The number of anilines is 1. The summed E-state index contributed by atoms with van der Waals surface area (Å²) in [6.07, 6.45) is 1.65. The summed E-state index contributed by atoms with van der Waals surface area (Å²) in [5.74, 6) is 0.954. The Balaban J connectivity index is 1.89. The molecule has 6 nitrogen and oxygen atoms in total. The minimum atomic E-state index is 0.385. The molecule has 0 amide bonds. The van der Waals surface area contributed by atoms with Gasteiger partial charge in [-0.15, -0.1) is 0 Å². The van der Waals surface area contributed by atoms with Gasteiger partial charge in [0.15, 0.2) is 10.6 Å². The highest BCUT2D eigenvalue weighted by atomic mass is 35.5. The third-order valence-electron chi connectivity index (χ3n) is 3.87. The van der Waals surface area contributed by atoms with E-state index in [1.54, 1.807) is 33.6 Å². The Morgan fingerprint density at radius 2 is 1.85 bits per heavy atom. The van der Waals surface area contributed by atoms with Crippen molar-refractivity contribution < 1.29 is 0 Å². The Morgan fingerprint density at radius 3 is 2.58 bits per heavy atom. The highest BCUT2D eigenvalue weighted by Gasteiger charge is 2.19. The highest BCUT2D eigenvalue weighted by Crippen LogP contribution is 2.31. The topological polar surface area (TPSA) is 77.4 Å². The van der Waals surface area contributed by atoms with E-state index in [4.69, 9.17) is 41.2 Å². The quantitative estimate of drug-likeness (QED) is 0.488. The summed E-state index contributed by atoms with van der Waals surface area (Å²) in [6.45, 7) is 0. The van der Waals surface area contributed by atoms with Gasteiger partial charge in [0, 0.05) is 5.02 Å². The van der Waals surface area contributed by atoms with Gasteiger partial charge < -0.3 is 5.73 Å². The fraction of sp³-hybridized carbons (Fsp3) is 0. The second kappa shape index (κ2) is 6.60. The van der Waals surface area contributed by atoms with Crippen LogP contribution in [-0.2, 0) is 0 Å².